The van der Waals surface area contributed by atoms with Gasteiger partial charge >= 0.3 is 7.60 Å². The molecule has 0 rings (SSSR count). The van der Waals surface area contributed by atoms with Crippen molar-refractivity contribution in [2.75, 3.05) is 13.2 Å². The molecule has 0 aliphatic rings. The molecule has 0 bridgehead atoms. The van der Waals surface area contributed by atoms with Crippen molar-refractivity contribution in [1.82, 2.24) is 0 Å². The zero-order valence-electron chi connectivity index (χ0n) is 9.36. The minimum absolute atomic E-state index is 0.481. The second-order valence-corrected chi connectivity index (χ2v) is 4.89. The number of allylic oxidation sites excluding steroid dienone is 1. The predicted octanol–water partition coefficient (Wildman–Crippen LogP) is 3.96. The minimum atomic E-state index is -2.95. The summed E-state index contributed by atoms with van der Waals surface area (Å²) in [5, 5.41) is 0. The van der Waals surface area contributed by atoms with Gasteiger partial charge in [-0.3, -0.25) is 4.57 Å². The summed E-state index contributed by atoms with van der Waals surface area (Å²) >= 11 is 0. The van der Waals surface area contributed by atoms with Gasteiger partial charge in [0.2, 0.25) is 0 Å². The topological polar surface area (TPSA) is 35.5 Å². The molecular formula is C10H21O3P. The molecule has 0 fully saturated rings. The minimum Gasteiger partial charge on any atom is -0.306 e. The van der Waals surface area contributed by atoms with Crippen molar-refractivity contribution in [3.63, 3.8) is 0 Å². The van der Waals surface area contributed by atoms with Crippen molar-refractivity contribution in [1.29, 1.82) is 0 Å². The Balaban J connectivity index is 4.18. The van der Waals surface area contributed by atoms with Gasteiger partial charge in [-0.25, -0.2) is 0 Å². The fraction of sp³-hybridized carbons (Fsp3) is 0.800. The van der Waals surface area contributed by atoms with Gasteiger partial charge < -0.3 is 9.05 Å². The van der Waals surface area contributed by atoms with Crippen molar-refractivity contribution in [3.8, 4) is 0 Å². The SMILES string of the molecule is CCC=CP(=O)(OCCC)OCCC. The van der Waals surface area contributed by atoms with Crippen LogP contribution in [0.2, 0.25) is 0 Å². The van der Waals surface area contributed by atoms with Crippen LogP contribution in [0, 0.1) is 0 Å². The van der Waals surface area contributed by atoms with Gasteiger partial charge in [0.25, 0.3) is 0 Å². The lowest BCUT2D eigenvalue weighted by atomic mass is 10.5. The van der Waals surface area contributed by atoms with E-state index in [2.05, 4.69) is 0 Å². The summed E-state index contributed by atoms with van der Waals surface area (Å²) in [6.45, 7) is 6.91. The first-order valence-corrected chi connectivity index (χ1v) is 6.86. The van der Waals surface area contributed by atoms with E-state index >= 15 is 0 Å². The standard InChI is InChI=1S/C10H21O3P/c1-4-7-10-14(11,12-8-5-2)13-9-6-3/h7,10H,4-6,8-9H2,1-3H3. The maximum absolute atomic E-state index is 12.0. The fourth-order valence-corrected chi connectivity index (χ4v) is 2.38. The monoisotopic (exact) mass is 220 g/mol. The first-order chi connectivity index (χ1) is 6.68. The third kappa shape index (κ3) is 6.36. The maximum Gasteiger partial charge on any atom is 0.353 e. The lowest BCUT2D eigenvalue weighted by Gasteiger charge is -2.13. The average molecular weight is 220 g/mol. The Bertz CT molecular complexity index is 190. The lowest BCUT2D eigenvalue weighted by molar-refractivity contribution is 0.212. The summed E-state index contributed by atoms with van der Waals surface area (Å²) in [5.74, 6) is 1.57. The summed E-state index contributed by atoms with van der Waals surface area (Å²) in [7, 11) is -2.95. The van der Waals surface area contributed by atoms with Gasteiger partial charge in [-0.1, -0.05) is 26.8 Å². The average Bonchev–Trinajstić information content (AvgIpc) is 2.21. The summed E-state index contributed by atoms with van der Waals surface area (Å²) in [4.78, 5) is 0. The Labute approximate surface area is 87.0 Å². The van der Waals surface area contributed by atoms with Crippen LogP contribution in [-0.4, -0.2) is 13.2 Å². The Kier molecular flexibility index (Phi) is 8.15. The molecule has 0 aliphatic carbocycles. The molecule has 0 saturated carbocycles. The van der Waals surface area contributed by atoms with Crippen molar-refractivity contribution in [3.05, 3.63) is 11.9 Å². The van der Waals surface area contributed by atoms with Gasteiger partial charge in [0.15, 0.2) is 0 Å². The van der Waals surface area contributed by atoms with Crippen LogP contribution < -0.4 is 0 Å². The van der Waals surface area contributed by atoms with E-state index < -0.39 is 7.60 Å². The van der Waals surface area contributed by atoms with Crippen LogP contribution in [0.3, 0.4) is 0 Å². The third-order valence-electron chi connectivity index (χ3n) is 1.47. The molecule has 0 spiro atoms. The van der Waals surface area contributed by atoms with Gasteiger partial charge in [0.05, 0.1) is 13.2 Å². The van der Waals surface area contributed by atoms with Gasteiger partial charge in [0, 0.05) is 5.82 Å². The Hall–Kier alpha value is -0.110. The summed E-state index contributed by atoms with van der Waals surface area (Å²) in [6, 6.07) is 0. The van der Waals surface area contributed by atoms with Crippen LogP contribution >= 0.6 is 7.60 Å². The molecule has 0 unspecified atom stereocenters. The largest absolute Gasteiger partial charge is 0.353 e. The highest BCUT2D eigenvalue weighted by Crippen LogP contribution is 2.50. The zero-order valence-corrected chi connectivity index (χ0v) is 10.3. The van der Waals surface area contributed by atoms with E-state index in [-0.39, 0.29) is 0 Å². The highest BCUT2D eigenvalue weighted by atomic mass is 31.2. The molecule has 0 aromatic rings. The van der Waals surface area contributed by atoms with Crippen molar-refractivity contribution in [2.45, 2.75) is 40.0 Å². The second-order valence-electron chi connectivity index (χ2n) is 3.00. The molecule has 84 valence electrons. The molecule has 0 aliphatic heterocycles. The maximum atomic E-state index is 12.0. The van der Waals surface area contributed by atoms with Crippen LogP contribution in [0.25, 0.3) is 0 Å². The summed E-state index contributed by atoms with van der Waals surface area (Å²) in [5.41, 5.74) is 0. The Morgan fingerprint density at radius 2 is 1.57 bits per heavy atom. The van der Waals surface area contributed by atoms with Gasteiger partial charge in [-0.15, -0.1) is 0 Å². The number of hydrogen-bond acceptors (Lipinski definition) is 3. The quantitative estimate of drug-likeness (QED) is 0.581. The van der Waals surface area contributed by atoms with Crippen LogP contribution in [0.4, 0.5) is 0 Å². The molecule has 0 saturated heterocycles. The third-order valence-corrected chi connectivity index (χ3v) is 3.14. The first-order valence-electron chi connectivity index (χ1n) is 5.25. The van der Waals surface area contributed by atoms with Gasteiger partial charge in [-0.2, -0.15) is 0 Å². The molecule has 0 radical (unpaired) electrons. The predicted molar refractivity (Wildman–Crippen MR) is 59.5 cm³/mol. The summed E-state index contributed by atoms with van der Waals surface area (Å²) < 4.78 is 22.4. The van der Waals surface area contributed by atoms with E-state index in [4.69, 9.17) is 9.05 Å². The zero-order chi connectivity index (χ0) is 10.9. The normalized spacial score (nSPS) is 12.5. The Morgan fingerprint density at radius 3 is 1.93 bits per heavy atom. The van der Waals surface area contributed by atoms with Crippen LogP contribution in [-0.2, 0) is 13.6 Å². The van der Waals surface area contributed by atoms with E-state index in [1.165, 1.54) is 0 Å². The lowest BCUT2D eigenvalue weighted by Crippen LogP contribution is -1.96. The smallest absolute Gasteiger partial charge is 0.306 e. The molecule has 3 nitrogen and oxygen atoms in total. The van der Waals surface area contributed by atoms with E-state index in [9.17, 15) is 4.57 Å². The van der Waals surface area contributed by atoms with Gasteiger partial charge in [-0.05, 0) is 19.3 Å². The number of hydrogen-bond donors (Lipinski definition) is 0. The van der Waals surface area contributed by atoms with E-state index in [1.807, 2.05) is 26.8 Å². The van der Waals surface area contributed by atoms with Crippen LogP contribution in [0.1, 0.15) is 40.0 Å². The molecule has 14 heavy (non-hydrogen) atoms. The molecule has 0 aromatic carbocycles. The molecule has 4 heteroatoms. The van der Waals surface area contributed by atoms with Crippen LogP contribution in [0.15, 0.2) is 11.9 Å². The van der Waals surface area contributed by atoms with Crippen LogP contribution in [0.5, 0.6) is 0 Å². The van der Waals surface area contributed by atoms with Crippen molar-refractivity contribution in [2.24, 2.45) is 0 Å². The van der Waals surface area contributed by atoms with Crippen molar-refractivity contribution >= 4 is 7.60 Å². The fourth-order valence-electron chi connectivity index (χ4n) is 0.795. The van der Waals surface area contributed by atoms with Crippen molar-refractivity contribution < 1.29 is 13.6 Å². The Morgan fingerprint density at radius 1 is 1.07 bits per heavy atom. The summed E-state index contributed by atoms with van der Waals surface area (Å²) in [6.07, 6.45) is 4.36. The highest BCUT2D eigenvalue weighted by Gasteiger charge is 2.19. The first kappa shape index (κ1) is 13.9. The van der Waals surface area contributed by atoms with E-state index in [1.54, 1.807) is 5.82 Å². The molecule has 0 heterocycles. The highest BCUT2D eigenvalue weighted by molar-refractivity contribution is 7.57. The second kappa shape index (κ2) is 8.22. The molecule has 0 N–H and O–H groups in total. The molecule has 0 aromatic heterocycles. The molecular weight excluding hydrogens is 199 g/mol. The molecule has 0 atom stereocenters. The van der Waals surface area contributed by atoms with E-state index in [0.29, 0.717) is 13.2 Å². The van der Waals surface area contributed by atoms with E-state index in [0.717, 1.165) is 19.3 Å². The number of rotatable bonds is 8. The molecule has 0 amide bonds. The van der Waals surface area contributed by atoms with Gasteiger partial charge in [0.1, 0.15) is 0 Å².